The normalized spacial score (nSPS) is 10.6. The van der Waals surface area contributed by atoms with Crippen LogP contribution in [0.15, 0.2) is 42.7 Å². The maximum Gasteiger partial charge on any atom is 0.224 e. The van der Waals surface area contributed by atoms with Crippen molar-refractivity contribution in [1.82, 2.24) is 25.1 Å². The lowest BCUT2D eigenvalue weighted by molar-refractivity contribution is -0.120. The number of anilines is 1. The average molecular weight is 385 g/mol. The van der Waals surface area contributed by atoms with E-state index >= 15 is 0 Å². The van der Waals surface area contributed by atoms with Crippen molar-refractivity contribution in [3.63, 3.8) is 0 Å². The monoisotopic (exact) mass is 384 g/mol. The minimum absolute atomic E-state index is 0.0369. The minimum atomic E-state index is -0.0369. The zero-order chi connectivity index (χ0) is 19.2. The third-order valence-corrected chi connectivity index (χ3v) is 4.16. The Morgan fingerprint density at radius 3 is 2.59 bits per heavy atom. The van der Waals surface area contributed by atoms with Gasteiger partial charge in [0.15, 0.2) is 5.82 Å². The van der Waals surface area contributed by atoms with Gasteiger partial charge in [0.2, 0.25) is 5.91 Å². The van der Waals surface area contributed by atoms with E-state index in [0.29, 0.717) is 36.2 Å². The Morgan fingerprint density at radius 2 is 1.89 bits per heavy atom. The van der Waals surface area contributed by atoms with E-state index in [0.717, 1.165) is 17.0 Å². The molecular formula is C19H21ClN6O. The van der Waals surface area contributed by atoms with E-state index in [1.165, 1.54) is 6.33 Å². The quantitative estimate of drug-likeness (QED) is 0.612. The van der Waals surface area contributed by atoms with Crippen molar-refractivity contribution in [3.8, 4) is 5.82 Å². The summed E-state index contributed by atoms with van der Waals surface area (Å²) in [5.74, 6) is 1.34. The van der Waals surface area contributed by atoms with Gasteiger partial charge in [-0.25, -0.2) is 14.6 Å². The molecule has 0 unspecified atom stereocenters. The first-order valence-corrected chi connectivity index (χ1v) is 9.00. The van der Waals surface area contributed by atoms with Gasteiger partial charge < -0.3 is 10.6 Å². The van der Waals surface area contributed by atoms with Gasteiger partial charge >= 0.3 is 0 Å². The zero-order valence-corrected chi connectivity index (χ0v) is 16.0. The van der Waals surface area contributed by atoms with E-state index < -0.39 is 0 Å². The van der Waals surface area contributed by atoms with Crippen LogP contribution in [0.2, 0.25) is 5.02 Å². The predicted octanol–water partition coefficient (Wildman–Crippen LogP) is 2.70. The van der Waals surface area contributed by atoms with Crippen molar-refractivity contribution in [3.05, 3.63) is 64.7 Å². The van der Waals surface area contributed by atoms with Crippen LogP contribution >= 0.6 is 11.6 Å². The van der Waals surface area contributed by atoms with Crippen LogP contribution in [-0.2, 0) is 11.2 Å². The molecule has 8 heteroatoms. The Morgan fingerprint density at radius 1 is 1.11 bits per heavy atom. The van der Waals surface area contributed by atoms with Gasteiger partial charge in [0.25, 0.3) is 0 Å². The summed E-state index contributed by atoms with van der Waals surface area (Å²) in [5, 5.41) is 11.1. The number of aromatic nitrogens is 4. The molecule has 3 aromatic rings. The third-order valence-electron chi connectivity index (χ3n) is 3.91. The Hall–Kier alpha value is -2.93. The largest absolute Gasteiger partial charge is 0.368 e. The van der Waals surface area contributed by atoms with Crippen LogP contribution in [0.5, 0.6) is 0 Å². The molecule has 2 aromatic heterocycles. The molecule has 1 amide bonds. The third kappa shape index (κ3) is 5.27. The Balaban J connectivity index is 1.48. The summed E-state index contributed by atoms with van der Waals surface area (Å²) in [5.41, 5.74) is 2.87. The molecular weight excluding hydrogens is 364 g/mol. The molecule has 2 heterocycles. The lowest BCUT2D eigenvalue weighted by Gasteiger charge is -2.09. The molecule has 0 saturated heterocycles. The molecule has 3 rings (SSSR count). The van der Waals surface area contributed by atoms with Crippen LogP contribution < -0.4 is 10.6 Å². The van der Waals surface area contributed by atoms with Crippen LogP contribution in [0.3, 0.4) is 0 Å². The number of halogens is 1. The van der Waals surface area contributed by atoms with E-state index in [2.05, 4.69) is 25.7 Å². The maximum atomic E-state index is 12.0. The smallest absolute Gasteiger partial charge is 0.224 e. The average Bonchev–Trinajstić information content (AvgIpc) is 2.99. The van der Waals surface area contributed by atoms with Gasteiger partial charge in [-0.05, 0) is 37.6 Å². The van der Waals surface area contributed by atoms with E-state index in [9.17, 15) is 4.79 Å². The molecule has 0 aliphatic carbocycles. The van der Waals surface area contributed by atoms with Crippen LogP contribution in [-0.4, -0.2) is 38.7 Å². The molecule has 0 atom stereocenters. The van der Waals surface area contributed by atoms with E-state index in [1.54, 1.807) is 16.8 Å². The van der Waals surface area contributed by atoms with Gasteiger partial charge in [-0.1, -0.05) is 23.7 Å². The number of nitrogens with one attached hydrogen (secondary N) is 2. The number of rotatable bonds is 7. The summed E-state index contributed by atoms with van der Waals surface area (Å²) in [6.07, 6.45) is 1.82. The standard InChI is InChI=1S/C19H21ClN6O/c1-13-9-14(2)26(25-13)18-11-17(23-12-24-18)21-7-8-22-19(27)10-15-3-5-16(20)6-4-15/h3-6,9,11-12H,7-8,10H2,1-2H3,(H,22,27)(H,21,23,24). The highest BCUT2D eigenvalue weighted by molar-refractivity contribution is 6.30. The highest BCUT2D eigenvalue weighted by atomic mass is 35.5. The summed E-state index contributed by atoms with van der Waals surface area (Å²) >= 11 is 5.84. The van der Waals surface area contributed by atoms with Crippen molar-refractivity contribution in [2.24, 2.45) is 0 Å². The lowest BCUT2D eigenvalue weighted by Crippen LogP contribution is -2.30. The molecule has 1 aromatic carbocycles. The topological polar surface area (TPSA) is 84.7 Å². The first-order valence-electron chi connectivity index (χ1n) is 8.62. The van der Waals surface area contributed by atoms with Crippen molar-refractivity contribution in [2.75, 3.05) is 18.4 Å². The van der Waals surface area contributed by atoms with Crippen LogP contribution in [0.4, 0.5) is 5.82 Å². The lowest BCUT2D eigenvalue weighted by atomic mass is 10.1. The fourth-order valence-electron chi connectivity index (χ4n) is 2.66. The predicted molar refractivity (Wildman–Crippen MR) is 105 cm³/mol. The molecule has 0 fully saturated rings. The van der Waals surface area contributed by atoms with Crippen LogP contribution in [0, 0.1) is 13.8 Å². The Labute approximate surface area is 162 Å². The Bertz CT molecular complexity index is 922. The van der Waals surface area contributed by atoms with E-state index in [1.807, 2.05) is 38.1 Å². The van der Waals surface area contributed by atoms with Crippen molar-refractivity contribution >= 4 is 23.3 Å². The molecule has 27 heavy (non-hydrogen) atoms. The van der Waals surface area contributed by atoms with Gasteiger partial charge in [-0.15, -0.1) is 0 Å². The van der Waals surface area contributed by atoms with Crippen molar-refractivity contribution in [1.29, 1.82) is 0 Å². The molecule has 0 bridgehead atoms. The summed E-state index contributed by atoms with van der Waals surface area (Å²) in [6.45, 7) is 4.97. The van der Waals surface area contributed by atoms with Gasteiger partial charge in [0, 0.05) is 29.9 Å². The highest BCUT2D eigenvalue weighted by Gasteiger charge is 2.07. The maximum absolute atomic E-state index is 12.0. The second kappa shape index (κ2) is 8.64. The number of nitrogens with zero attached hydrogens (tertiary/aromatic N) is 4. The van der Waals surface area contributed by atoms with Gasteiger partial charge in [0.05, 0.1) is 12.1 Å². The van der Waals surface area contributed by atoms with E-state index in [-0.39, 0.29) is 5.91 Å². The first-order chi connectivity index (χ1) is 13.0. The molecule has 0 aliphatic rings. The molecule has 0 aliphatic heterocycles. The van der Waals surface area contributed by atoms with Gasteiger partial charge in [-0.2, -0.15) is 5.10 Å². The summed E-state index contributed by atoms with van der Waals surface area (Å²) in [6, 6.07) is 11.1. The molecule has 7 nitrogen and oxygen atoms in total. The minimum Gasteiger partial charge on any atom is -0.368 e. The number of carbonyl (C=O) groups excluding carboxylic acids is 1. The summed E-state index contributed by atoms with van der Waals surface area (Å²) in [4.78, 5) is 20.4. The first kappa shape index (κ1) is 18.8. The molecule has 2 N–H and O–H groups in total. The molecule has 0 saturated carbocycles. The second-order valence-corrected chi connectivity index (χ2v) is 6.62. The van der Waals surface area contributed by atoms with Crippen molar-refractivity contribution in [2.45, 2.75) is 20.3 Å². The van der Waals surface area contributed by atoms with Crippen LogP contribution in [0.1, 0.15) is 17.0 Å². The van der Waals surface area contributed by atoms with E-state index in [4.69, 9.17) is 11.6 Å². The molecule has 0 radical (unpaired) electrons. The van der Waals surface area contributed by atoms with Gasteiger partial charge in [-0.3, -0.25) is 4.79 Å². The number of aryl methyl sites for hydroxylation is 2. The molecule has 140 valence electrons. The fourth-order valence-corrected chi connectivity index (χ4v) is 2.79. The SMILES string of the molecule is Cc1cc(C)n(-c2cc(NCCNC(=O)Cc3ccc(Cl)cc3)ncn2)n1. The van der Waals surface area contributed by atoms with Gasteiger partial charge in [0.1, 0.15) is 12.1 Å². The summed E-state index contributed by atoms with van der Waals surface area (Å²) in [7, 11) is 0. The highest BCUT2D eigenvalue weighted by Crippen LogP contribution is 2.12. The number of benzene rings is 1. The number of hydrogen-bond acceptors (Lipinski definition) is 5. The molecule has 0 spiro atoms. The van der Waals surface area contributed by atoms with Crippen molar-refractivity contribution < 1.29 is 4.79 Å². The Kier molecular flexibility index (Phi) is 6.03. The van der Waals surface area contributed by atoms with Crippen LogP contribution in [0.25, 0.3) is 5.82 Å². The fraction of sp³-hybridized carbons (Fsp3) is 0.263. The summed E-state index contributed by atoms with van der Waals surface area (Å²) < 4.78 is 1.77. The number of carbonyl (C=O) groups is 1. The zero-order valence-electron chi connectivity index (χ0n) is 15.2. The number of hydrogen-bond donors (Lipinski definition) is 2. The second-order valence-electron chi connectivity index (χ2n) is 6.18. The number of amides is 1.